The summed E-state index contributed by atoms with van der Waals surface area (Å²) in [6.45, 7) is 22.0. The largest absolute Gasteiger partial charge is 0.482 e. The summed E-state index contributed by atoms with van der Waals surface area (Å²) in [5.74, 6) is 0.140. The number of fused-ring (bicyclic) bond motifs is 1. The van der Waals surface area contributed by atoms with Crippen molar-refractivity contribution >= 4 is 30.1 Å². The maximum Gasteiger partial charge on any atom is 0.482 e. The summed E-state index contributed by atoms with van der Waals surface area (Å²) in [7, 11) is -0.657. The molecule has 268 valence electrons. The second kappa shape index (κ2) is 13.6. The number of hydrogen-bond donors (Lipinski definition) is 1. The number of amides is 2. The van der Waals surface area contributed by atoms with Crippen LogP contribution in [0.15, 0.2) is 46.7 Å². The Morgan fingerprint density at radius 2 is 1.94 bits per heavy atom. The monoisotopic (exact) mass is 686 g/mol. The molecule has 0 unspecified atom stereocenters. The molecule has 12 heteroatoms. The summed E-state index contributed by atoms with van der Waals surface area (Å²) in [6.07, 6.45) is 7.84. The van der Waals surface area contributed by atoms with Crippen molar-refractivity contribution in [3.8, 4) is 0 Å². The van der Waals surface area contributed by atoms with Gasteiger partial charge in [-0.25, -0.2) is 9.64 Å². The van der Waals surface area contributed by atoms with Crippen molar-refractivity contribution in [1.29, 1.82) is 0 Å². The number of benzene rings is 1. The van der Waals surface area contributed by atoms with Gasteiger partial charge < -0.3 is 33.4 Å². The van der Waals surface area contributed by atoms with Gasteiger partial charge >= 0.3 is 13.2 Å². The summed E-state index contributed by atoms with van der Waals surface area (Å²) >= 11 is 0. The maximum absolute atomic E-state index is 13.8. The number of furan rings is 1. The van der Waals surface area contributed by atoms with Gasteiger partial charge in [0.15, 0.2) is 0 Å². The van der Waals surface area contributed by atoms with Crippen LogP contribution in [0.3, 0.4) is 0 Å². The van der Waals surface area contributed by atoms with Crippen molar-refractivity contribution < 1.29 is 32.8 Å². The molecule has 4 heterocycles. The molecule has 3 saturated heterocycles. The number of nitrogens with zero attached hydrogens (tertiary/aromatic N) is 3. The number of alkyl carbamates (subject to hydrolysis) is 1. The molecule has 50 heavy (non-hydrogen) atoms. The first-order chi connectivity index (χ1) is 23.9. The minimum absolute atomic E-state index is 0.0295. The van der Waals surface area contributed by atoms with Crippen LogP contribution >= 0.6 is 0 Å². The van der Waals surface area contributed by atoms with Crippen molar-refractivity contribution in [2.75, 3.05) is 39.5 Å². The van der Waals surface area contributed by atoms with Crippen molar-refractivity contribution in [3.05, 3.63) is 59.3 Å². The Bertz CT molecular complexity index is 1660. The average molecular weight is 687 g/mol. The molecule has 3 saturated carbocycles. The standard InChI is InChI=1S/C38H51BN4O7/c1-36(2,42-15-17-46-18-16-42)22-29(40-6)34(44)43-14-10-9-11-27(43)24-48-35(45)41-33(19-25-23-47-30-13-8-7-12-28(25)30)39-49-32-21-26-20-31(37(26,3)4)38(32,5)50-39/h7-8,12-13,22-23,26-27,31-33H,9-11,14-21,24H2,1-5H3,(H,41,45)/t26-,27+,31-,32+,33-,38-/m0/s1. The van der Waals surface area contributed by atoms with Gasteiger partial charge in [0.25, 0.3) is 5.91 Å². The van der Waals surface area contributed by atoms with Crippen LogP contribution in [0, 0.1) is 23.8 Å². The zero-order valence-corrected chi connectivity index (χ0v) is 30.1. The number of carbonyl (C=O) groups is 2. The van der Waals surface area contributed by atoms with Gasteiger partial charge in [-0.3, -0.25) is 9.69 Å². The molecule has 6 aliphatic rings. The highest BCUT2D eigenvalue weighted by Crippen LogP contribution is 2.65. The van der Waals surface area contributed by atoms with E-state index in [9.17, 15) is 9.59 Å². The highest BCUT2D eigenvalue weighted by Gasteiger charge is 2.68. The number of piperidine rings is 1. The third-order valence-electron chi connectivity index (χ3n) is 12.6. The number of morpholine rings is 1. The first-order valence-electron chi connectivity index (χ1n) is 18.4. The van der Waals surface area contributed by atoms with E-state index in [0.29, 0.717) is 44.4 Å². The highest BCUT2D eigenvalue weighted by atomic mass is 16.7. The molecule has 3 aliphatic carbocycles. The fourth-order valence-corrected chi connectivity index (χ4v) is 9.37. The zero-order chi connectivity index (χ0) is 35.3. The number of para-hydroxylation sites is 1. The summed E-state index contributed by atoms with van der Waals surface area (Å²) in [5.41, 5.74) is 1.10. The van der Waals surface area contributed by atoms with E-state index in [4.69, 9.17) is 29.8 Å². The second-order valence-electron chi connectivity index (χ2n) is 16.2. The van der Waals surface area contributed by atoms with Gasteiger partial charge in [-0.15, -0.1) is 0 Å². The van der Waals surface area contributed by atoms with E-state index in [1.54, 1.807) is 17.2 Å². The Labute approximate surface area is 295 Å². The zero-order valence-electron chi connectivity index (χ0n) is 30.1. The van der Waals surface area contributed by atoms with Gasteiger partial charge in [0.2, 0.25) is 5.70 Å². The van der Waals surface area contributed by atoms with Gasteiger partial charge in [0.1, 0.15) is 12.2 Å². The van der Waals surface area contributed by atoms with E-state index in [-0.39, 0.29) is 35.8 Å². The van der Waals surface area contributed by atoms with Crippen LogP contribution < -0.4 is 5.32 Å². The van der Waals surface area contributed by atoms with Gasteiger partial charge in [-0.2, -0.15) is 0 Å². The van der Waals surface area contributed by atoms with E-state index in [1.165, 1.54) is 0 Å². The minimum atomic E-state index is -0.657. The Hall–Kier alpha value is -3.37. The van der Waals surface area contributed by atoms with Crippen LogP contribution in [0.5, 0.6) is 0 Å². The van der Waals surface area contributed by atoms with Crippen molar-refractivity contribution in [1.82, 2.24) is 15.1 Å². The van der Waals surface area contributed by atoms with Crippen LogP contribution in [0.4, 0.5) is 4.79 Å². The number of likely N-dealkylation sites (tertiary alicyclic amines) is 1. The molecule has 6 atom stereocenters. The number of nitrogens with one attached hydrogen (secondary N) is 1. The lowest BCUT2D eigenvalue weighted by molar-refractivity contribution is -0.199. The third-order valence-corrected chi connectivity index (χ3v) is 12.6. The summed E-state index contributed by atoms with van der Waals surface area (Å²) < 4.78 is 30.7. The number of ether oxygens (including phenoxy) is 2. The Balaban J connectivity index is 1.04. The second-order valence-corrected chi connectivity index (χ2v) is 16.2. The fraction of sp³-hybridized carbons (Fsp3) is 0.658. The minimum Gasteiger partial charge on any atom is -0.464 e. The number of rotatable bonds is 9. The fourth-order valence-electron chi connectivity index (χ4n) is 9.37. The predicted octanol–water partition coefficient (Wildman–Crippen LogP) is 5.63. The molecule has 0 spiro atoms. The lowest BCUT2D eigenvalue weighted by Gasteiger charge is -2.64. The maximum atomic E-state index is 13.8. The van der Waals surface area contributed by atoms with E-state index >= 15 is 0 Å². The van der Waals surface area contributed by atoms with Crippen LogP contribution in [-0.4, -0.2) is 97.6 Å². The molecule has 2 aromatic rings. The molecule has 2 bridgehead atoms. The van der Waals surface area contributed by atoms with Crippen molar-refractivity contribution in [2.24, 2.45) is 17.3 Å². The molecule has 3 aliphatic heterocycles. The smallest absolute Gasteiger partial charge is 0.464 e. The Morgan fingerprint density at radius 1 is 1.16 bits per heavy atom. The molecule has 1 N–H and O–H groups in total. The van der Waals surface area contributed by atoms with E-state index in [0.717, 1.165) is 55.3 Å². The molecule has 1 aromatic carbocycles. The topological polar surface area (TPSA) is 107 Å². The van der Waals surface area contributed by atoms with Crippen LogP contribution in [-0.2, 0) is 30.0 Å². The van der Waals surface area contributed by atoms with Crippen molar-refractivity contribution in [3.63, 3.8) is 0 Å². The van der Waals surface area contributed by atoms with Crippen molar-refractivity contribution in [2.45, 2.75) is 102 Å². The first-order valence-corrected chi connectivity index (χ1v) is 18.4. The lowest BCUT2D eigenvalue weighted by Crippen LogP contribution is -2.65. The van der Waals surface area contributed by atoms with Gasteiger partial charge in [-0.1, -0.05) is 38.1 Å². The summed E-state index contributed by atoms with van der Waals surface area (Å²) in [5, 5.41) is 4.07. The van der Waals surface area contributed by atoms with Crippen LogP contribution in [0.2, 0.25) is 0 Å². The molecule has 8 rings (SSSR count). The Morgan fingerprint density at radius 3 is 2.70 bits per heavy atom. The summed E-state index contributed by atoms with van der Waals surface area (Å²) in [4.78, 5) is 35.0. The molecule has 2 amide bonds. The SMILES string of the molecule is [C-]#[N+]C(=CC(C)(C)N1CCOCC1)C(=O)N1CCCC[C@@H]1COC(=O)N[C@@H](Cc1coc2ccccc12)B1O[C@@H]2C[C@@H]3C[C@@H](C3(C)C)[C@]2(C)O1. The van der Waals surface area contributed by atoms with Crippen LogP contribution in [0.25, 0.3) is 15.8 Å². The molecule has 6 fully saturated rings. The highest BCUT2D eigenvalue weighted by molar-refractivity contribution is 6.48. The normalized spacial score (nSPS) is 30.3. The first kappa shape index (κ1) is 35.1. The molecular formula is C38H51BN4O7. The molecular weight excluding hydrogens is 635 g/mol. The Kier molecular flexibility index (Phi) is 9.56. The lowest BCUT2D eigenvalue weighted by atomic mass is 9.43. The summed E-state index contributed by atoms with van der Waals surface area (Å²) in [6, 6.07) is 7.52. The van der Waals surface area contributed by atoms with E-state index < -0.39 is 30.3 Å². The number of hydrogen-bond acceptors (Lipinski definition) is 8. The van der Waals surface area contributed by atoms with Gasteiger partial charge in [-0.05, 0) is 88.2 Å². The van der Waals surface area contributed by atoms with E-state index in [1.807, 2.05) is 38.1 Å². The molecule has 11 nitrogen and oxygen atoms in total. The average Bonchev–Trinajstić information content (AvgIpc) is 3.70. The predicted molar refractivity (Wildman–Crippen MR) is 189 cm³/mol. The number of carbonyl (C=O) groups excluding carboxylic acids is 2. The molecule has 0 radical (unpaired) electrons. The molecule has 1 aromatic heterocycles. The third kappa shape index (κ3) is 6.47. The van der Waals surface area contributed by atoms with Crippen LogP contribution in [0.1, 0.15) is 72.3 Å². The van der Waals surface area contributed by atoms with Gasteiger partial charge in [0.05, 0.1) is 49.7 Å². The van der Waals surface area contributed by atoms with Gasteiger partial charge in [0, 0.05) is 30.6 Å². The quantitative estimate of drug-likeness (QED) is 0.206. The van der Waals surface area contributed by atoms with E-state index in [2.05, 4.69) is 35.8 Å².